The fourth-order valence-electron chi connectivity index (χ4n) is 4.21. The molecule has 2 aliphatic rings. The van der Waals surface area contributed by atoms with E-state index in [0.29, 0.717) is 17.4 Å². The number of benzene rings is 1. The zero-order valence-electron chi connectivity index (χ0n) is 17.3. The number of rotatable bonds is 5. The average molecular weight is 385 g/mol. The summed E-state index contributed by atoms with van der Waals surface area (Å²) in [5.41, 5.74) is 1.46. The van der Waals surface area contributed by atoms with Crippen LogP contribution in [0.15, 0.2) is 24.3 Å². The highest BCUT2D eigenvalue weighted by Crippen LogP contribution is 2.29. The van der Waals surface area contributed by atoms with Crippen LogP contribution in [0.25, 0.3) is 0 Å². The summed E-state index contributed by atoms with van der Waals surface area (Å²) < 4.78 is 5.55. The van der Waals surface area contributed by atoms with Crippen molar-refractivity contribution in [3.8, 4) is 6.07 Å². The minimum absolute atomic E-state index is 0.167. The summed E-state index contributed by atoms with van der Waals surface area (Å²) >= 11 is 0. The van der Waals surface area contributed by atoms with Crippen LogP contribution in [0.2, 0.25) is 0 Å². The number of piperidine rings is 2. The molecule has 152 valence electrons. The molecule has 0 aromatic heterocycles. The van der Waals surface area contributed by atoms with Gasteiger partial charge in [0.15, 0.2) is 0 Å². The molecule has 2 heterocycles. The summed E-state index contributed by atoms with van der Waals surface area (Å²) in [5.74, 6) is 1.08. The first-order valence-corrected chi connectivity index (χ1v) is 10.2. The van der Waals surface area contributed by atoms with E-state index in [4.69, 9.17) is 10.00 Å². The van der Waals surface area contributed by atoms with Crippen molar-refractivity contribution < 1.29 is 9.53 Å². The second-order valence-electron chi connectivity index (χ2n) is 9.10. The molecule has 2 atom stereocenters. The van der Waals surface area contributed by atoms with E-state index in [-0.39, 0.29) is 6.09 Å². The van der Waals surface area contributed by atoms with Gasteiger partial charge in [0.05, 0.1) is 11.6 Å². The van der Waals surface area contributed by atoms with Gasteiger partial charge in [-0.25, -0.2) is 4.79 Å². The Bertz CT molecular complexity index is 691. The average Bonchev–Trinajstić information content (AvgIpc) is 2.63. The molecule has 28 heavy (non-hydrogen) atoms. The fourth-order valence-corrected chi connectivity index (χ4v) is 4.21. The van der Waals surface area contributed by atoms with Crippen molar-refractivity contribution in [3.05, 3.63) is 35.4 Å². The summed E-state index contributed by atoms with van der Waals surface area (Å²) in [7, 11) is 0. The molecule has 0 radical (unpaired) electrons. The number of carbonyl (C=O) groups excluding carboxylic acids is 1. The van der Waals surface area contributed by atoms with E-state index in [1.54, 1.807) is 0 Å². The molecule has 2 saturated heterocycles. The van der Waals surface area contributed by atoms with Crippen molar-refractivity contribution >= 4 is 6.09 Å². The Balaban J connectivity index is 1.39. The Morgan fingerprint density at radius 2 is 1.82 bits per heavy atom. The normalized spacial score (nSPS) is 22.6. The lowest BCUT2D eigenvalue weighted by molar-refractivity contribution is -0.00931. The lowest BCUT2D eigenvalue weighted by atomic mass is 9.85. The predicted octanol–water partition coefficient (Wildman–Crippen LogP) is 2.84. The maximum atomic E-state index is 12.4. The number of ether oxygens (including phenoxy) is 1. The number of carbonyl (C=O) groups is 1. The number of likely N-dealkylation sites (tertiary alicyclic amines) is 2. The number of fused-ring (bicyclic) bond motifs is 2. The molecule has 1 amide bonds. The second kappa shape index (κ2) is 8.93. The van der Waals surface area contributed by atoms with Crippen LogP contribution in [0.3, 0.4) is 0 Å². The topological polar surface area (TPSA) is 68.6 Å². The molecule has 2 fully saturated rings. The third kappa shape index (κ3) is 5.95. The molecule has 2 bridgehead atoms. The van der Waals surface area contributed by atoms with E-state index < -0.39 is 5.60 Å². The van der Waals surface area contributed by atoms with Gasteiger partial charge in [0.25, 0.3) is 0 Å². The highest BCUT2D eigenvalue weighted by Gasteiger charge is 2.37. The lowest BCUT2D eigenvalue weighted by Gasteiger charge is -2.45. The van der Waals surface area contributed by atoms with Gasteiger partial charge in [-0.1, -0.05) is 12.1 Å². The van der Waals surface area contributed by atoms with Gasteiger partial charge in [0, 0.05) is 45.8 Å². The van der Waals surface area contributed by atoms with E-state index in [0.717, 1.165) is 45.8 Å². The minimum atomic E-state index is -0.434. The molecule has 0 spiro atoms. The van der Waals surface area contributed by atoms with Gasteiger partial charge in [-0.15, -0.1) is 0 Å². The number of hydrogen-bond acceptors (Lipinski definition) is 5. The molecule has 2 unspecified atom stereocenters. The smallest absolute Gasteiger partial charge is 0.410 e. The summed E-state index contributed by atoms with van der Waals surface area (Å²) in [6.07, 6.45) is 1.05. The van der Waals surface area contributed by atoms with Crippen LogP contribution >= 0.6 is 0 Å². The molecule has 2 aliphatic heterocycles. The number of amides is 1. The molecular weight excluding hydrogens is 352 g/mol. The highest BCUT2D eigenvalue weighted by atomic mass is 16.6. The van der Waals surface area contributed by atoms with Gasteiger partial charge in [-0.05, 0) is 56.7 Å². The summed E-state index contributed by atoms with van der Waals surface area (Å²) in [4.78, 5) is 16.8. The molecule has 1 aromatic rings. The Morgan fingerprint density at radius 1 is 1.18 bits per heavy atom. The Hall–Kier alpha value is -2.10. The van der Waals surface area contributed by atoms with Gasteiger partial charge in [-0.2, -0.15) is 5.26 Å². The molecular formula is C22H32N4O2. The van der Waals surface area contributed by atoms with Crippen LogP contribution < -0.4 is 5.32 Å². The van der Waals surface area contributed by atoms with Gasteiger partial charge in [0.2, 0.25) is 0 Å². The fraction of sp³-hybridized carbons (Fsp3) is 0.636. The molecule has 6 nitrogen and oxygen atoms in total. The molecule has 0 saturated carbocycles. The van der Waals surface area contributed by atoms with E-state index in [2.05, 4.69) is 16.3 Å². The van der Waals surface area contributed by atoms with Crippen molar-refractivity contribution in [2.75, 3.05) is 39.3 Å². The van der Waals surface area contributed by atoms with Crippen molar-refractivity contribution in [2.45, 2.75) is 39.3 Å². The molecule has 3 rings (SSSR count). The maximum Gasteiger partial charge on any atom is 0.410 e. The van der Waals surface area contributed by atoms with Crippen LogP contribution in [0, 0.1) is 23.2 Å². The first kappa shape index (κ1) is 20.6. The SMILES string of the molecule is CC(C)(C)OC(=O)N1CC2CC(CN(CCNCc3ccc(C#N)cc3)C2)C1. The van der Waals surface area contributed by atoms with Crippen molar-refractivity contribution in [1.82, 2.24) is 15.1 Å². The monoisotopic (exact) mass is 384 g/mol. The zero-order chi connectivity index (χ0) is 20.1. The van der Waals surface area contributed by atoms with Gasteiger partial charge in [-0.3, -0.25) is 0 Å². The highest BCUT2D eigenvalue weighted by molar-refractivity contribution is 5.68. The van der Waals surface area contributed by atoms with Crippen LogP contribution in [0.5, 0.6) is 0 Å². The third-order valence-electron chi connectivity index (χ3n) is 5.33. The van der Waals surface area contributed by atoms with E-state index in [9.17, 15) is 4.79 Å². The second-order valence-corrected chi connectivity index (χ2v) is 9.10. The van der Waals surface area contributed by atoms with Crippen LogP contribution in [0.4, 0.5) is 4.79 Å². The number of nitrogens with zero attached hydrogens (tertiary/aromatic N) is 3. The van der Waals surface area contributed by atoms with Crippen LogP contribution in [0.1, 0.15) is 38.3 Å². The Labute approximate surface area is 168 Å². The van der Waals surface area contributed by atoms with Crippen molar-refractivity contribution in [3.63, 3.8) is 0 Å². The molecule has 0 aliphatic carbocycles. The van der Waals surface area contributed by atoms with Crippen LogP contribution in [-0.4, -0.2) is 60.8 Å². The zero-order valence-corrected chi connectivity index (χ0v) is 17.3. The molecule has 6 heteroatoms. The Kier molecular flexibility index (Phi) is 6.58. The van der Waals surface area contributed by atoms with E-state index in [1.807, 2.05) is 49.9 Å². The van der Waals surface area contributed by atoms with E-state index >= 15 is 0 Å². The predicted molar refractivity (Wildman–Crippen MR) is 109 cm³/mol. The van der Waals surface area contributed by atoms with Gasteiger partial charge >= 0.3 is 6.09 Å². The summed E-state index contributed by atoms with van der Waals surface area (Å²) in [6.45, 7) is 12.3. The first-order valence-electron chi connectivity index (χ1n) is 10.2. The van der Waals surface area contributed by atoms with Gasteiger partial charge < -0.3 is 19.9 Å². The van der Waals surface area contributed by atoms with E-state index in [1.165, 1.54) is 12.0 Å². The quantitative estimate of drug-likeness (QED) is 0.791. The maximum absolute atomic E-state index is 12.4. The largest absolute Gasteiger partial charge is 0.444 e. The molecule has 1 aromatic carbocycles. The minimum Gasteiger partial charge on any atom is -0.444 e. The third-order valence-corrected chi connectivity index (χ3v) is 5.33. The first-order chi connectivity index (χ1) is 13.3. The number of nitriles is 1. The lowest BCUT2D eigenvalue weighted by Crippen LogP contribution is -2.55. The molecule has 1 N–H and O–H groups in total. The summed E-state index contributed by atoms with van der Waals surface area (Å²) in [6, 6.07) is 9.87. The number of hydrogen-bond donors (Lipinski definition) is 1. The van der Waals surface area contributed by atoms with Crippen molar-refractivity contribution in [2.24, 2.45) is 11.8 Å². The standard InChI is InChI=1S/C22H32N4O2/c1-22(2,3)28-21(27)26-15-19-10-20(16-26)14-25(13-19)9-8-24-12-18-6-4-17(11-23)5-7-18/h4-7,19-20,24H,8-10,12-16H2,1-3H3. The van der Waals surface area contributed by atoms with Crippen molar-refractivity contribution in [1.29, 1.82) is 5.26 Å². The Morgan fingerprint density at radius 3 is 2.39 bits per heavy atom. The van der Waals surface area contributed by atoms with Crippen LogP contribution in [-0.2, 0) is 11.3 Å². The number of nitrogens with one attached hydrogen (secondary N) is 1. The van der Waals surface area contributed by atoms with Gasteiger partial charge in [0.1, 0.15) is 5.60 Å². The summed E-state index contributed by atoms with van der Waals surface area (Å²) in [5, 5.41) is 12.3.